The summed E-state index contributed by atoms with van der Waals surface area (Å²) in [7, 11) is 0. The molecule has 1 fully saturated rings. The van der Waals surface area contributed by atoms with Crippen molar-refractivity contribution in [3.8, 4) is 0 Å². The topological polar surface area (TPSA) is 87.5 Å². The Balaban J connectivity index is 1.56. The van der Waals surface area contributed by atoms with Crippen molar-refractivity contribution in [2.45, 2.75) is 58.2 Å². The molecule has 32 heavy (non-hydrogen) atoms. The molecule has 0 bridgehead atoms. The lowest BCUT2D eigenvalue weighted by Crippen LogP contribution is -2.43. The van der Waals surface area contributed by atoms with E-state index in [0.29, 0.717) is 38.5 Å². The van der Waals surface area contributed by atoms with Crippen LogP contribution in [0.2, 0.25) is 0 Å². The summed E-state index contributed by atoms with van der Waals surface area (Å²) < 4.78 is 1.94. The fraction of sp³-hybridized carbons (Fsp3) is 0.500. The van der Waals surface area contributed by atoms with Gasteiger partial charge < -0.3 is 19.7 Å². The molecule has 1 spiro atoms. The maximum Gasteiger partial charge on any atom is 0.317 e. The molecular formula is C24H31N5O3. The highest BCUT2D eigenvalue weighted by atomic mass is 16.2. The first kappa shape index (κ1) is 22.0. The molecule has 1 saturated heterocycles. The molecule has 4 rings (SSSR count). The SMILES string of the molecule is CCN(Cc1ccccc1)C(=O)c1cn2c(nc1=O)[C@@]1(CCN(C(=O)NC(C)C)C1)CC2. The fourth-order valence-corrected chi connectivity index (χ4v) is 4.75. The second-order valence-corrected chi connectivity index (χ2v) is 9.09. The van der Waals surface area contributed by atoms with Crippen molar-refractivity contribution in [1.82, 2.24) is 24.7 Å². The molecule has 1 aromatic heterocycles. The third-order valence-corrected chi connectivity index (χ3v) is 6.47. The number of nitrogens with one attached hydrogen (secondary N) is 1. The van der Waals surface area contributed by atoms with Gasteiger partial charge >= 0.3 is 6.03 Å². The third-order valence-electron chi connectivity index (χ3n) is 6.47. The number of nitrogens with zero attached hydrogens (tertiary/aromatic N) is 4. The summed E-state index contributed by atoms with van der Waals surface area (Å²) >= 11 is 0. The van der Waals surface area contributed by atoms with Crippen LogP contribution in [0.25, 0.3) is 0 Å². The standard InChI is InChI=1S/C24H31N5O3/c1-4-27(14-18-8-6-5-7-9-18)21(31)19-15-28-12-10-24(22(28)26-20(19)30)11-13-29(16-24)23(32)25-17(2)3/h5-9,15,17H,4,10-14,16H2,1-3H3,(H,25,32)/t24-/m1/s1. The number of amides is 3. The van der Waals surface area contributed by atoms with Crippen LogP contribution in [0.1, 0.15) is 55.4 Å². The number of aromatic nitrogens is 2. The van der Waals surface area contributed by atoms with Crippen LogP contribution in [0.3, 0.4) is 0 Å². The molecule has 0 aliphatic carbocycles. The number of carbonyl (C=O) groups excluding carboxylic acids is 2. The van der Waals surface area contributed by atoms with E-state index in [1.54, 1.807) is 16.0 Å². The highest BCUT2D eigenvalue weighted by Crippen LogP contribution is 2.41. The number of carbonyl (C=O) groups is 2. The van der Waals surface area contributed by atoms with Gasteiger partial charge in [0.15, 0.2) is 0 Å². The highest BCUT2D eigenvalue weighted by molar-refractivity contribution is 5.93. The minimum Gasteiger partial charge on any atom is -0.336 e. The fourth-order valence-electron chi connectivity index (χ4n) is 4.75. The van der Waals surface area contributed by atoms with Gasteiger partial charge in [-0.3, -0.25) is 9.59 Å². The van der Waals surface area contributed by atoms with Gasteiger partial charge in [-0.2, -0.15) is 4.98 Å². The molecule has 1 N–H and O–H groups in total. The van der Waals surface area contributed by atoms with Crippen LogP contribution in [-0.2, 0) is 18.5 Å². The van der Waals surface area contributed by atoms with Crippen LogP contribution >= 0.6 is 0 Å². The second kappa shape index (κ2) is 8.76. The minimum absolute atomic E-state index is 0.0710. The predicted octanol–water partition coefficient (Wildman–Crippen LogP) is 2.37. The van der Waals surface area contributed by atoms with Crippen LogP contribution in [0.4, 0.5) is 4.79 Å². The molecule has 2 aromatic rings. The number of urea groups is 1. The summed E-state index contributed by atoms with van der Waals surface area (Å²) in [5.41, 5.74) is 0.320. The molecule has 1 atom stereocenters. The zero-order chi connectivity index (χ0) is 22.9. The van der Waals surface area contributed by atoms with Gasteiger partial charge in [0, 0.05) is 50.4 Å². The van der Waals surface area contributed by atoms with Crippen molar-refractivity contribution in [1.29, 1.82) is 0 Å². The van der Waals surface area contributed by atoms with Gasteiger partial charge in [-0.05, 0) is 39.2 Å². The Kier molecular flexibility index (Phi) is 6.04. The number of hydrogen-bond donors (Lipinski definition) is 1. The first-order valence-electron chi connectivity index (χ1n) is 11.3. The monoisotopic (exact) mass is 437 g/mol. The van der Waals surface area contributed by atoms with Gasteiger partial charge in [-0.25, -0.2) is 4.79 Å². The van der Waals surface area contributed by atoms with Gasteiger partial charge in [-0.15, -0.1) is 0 Å². The lowest BCUT2D eigenvalue weighted by atomic mass is 9.85. The quantitative estimate of drug-likeness (QED) is 0.778. The van der Waals surface area contributed by atoms with E-state index >= 15 is 0 Å². The van der Waals surface area contributed by atoms with E-state index in [1.807, 2.05) is 55.7 Å². The molecule has 3 heterocycles. The van der Waals surface area contributed by atoms with E-state index in [-0.39, 0.29) is 29.0 Å². The zero-order valence-electron chi connectivity index (χ0n) is 19.0. The lowest BCUT2D eigenvalue weighted by molar-refractivity contribution is 0.0749. The third kappa shape index (κ3) is 4.13. The van der Waals surface area contributed by atoms with Crippen LogP contribution in [0, 0.1) is 0 Å². The number of aryl methyl sites for hydroxylation is 1. The Morgan fingerprint density at radius 3 is 2.59 bits per heavy atom. The molecule has 2 aliphatic heterocycles. The zero-order valence-corrected chi connectivity index (χ0v) is 19.0. The number of likely N-dealkylation sites (tertiary alicyclic amines) is 1. The summed E-state index contributed by atoms with van der Waals surface area (Å²) in [5, 5.41) is 2.94. The summed E-state index contributed by atoms with van der Waals surface area (Å²) in [6.45, 7) is 8.59. The second-order valence-electron chi connectivity index (χ2n) is 9.09. The molecule has 0 unspecified atom stereocenters. The molecule has 8 heteroatoms. The van der Waals surface area contributed by atoms with Crippen molar-refractivity contribution < 1.29 is 9.59 Å². The van der Waals surface area contributed by atoms with E-state index in [2.05, 4.69) is 10.3 Å². The van der Waals surface area contributed by atoms with E-state index in [0.717, 1.165) is 18.4 Å². The van der Waals surface area contributed by atoms with Gasteiger partial charge in [0.1, 0.15) is 11.4 Å². The van der Waals surface area contributed by atoms with Gasteiger partial charge in [0.05, 0.1) is 0 Å². The Hall–Kier alpha value is -3.16. The van der Waals surface area contributed by atoms with Crippen LogP contribution < -0.4 is 10.9 Å². The average Bonchev–Trinajstić information content (AvgIpc) is 3.36. The smallest absolute Gasteiger partial charge is 0.317 e. The van der Waals surface area contributed by atoms with Gasteiger partial charge in [0.2, 0.25) is 0 Å². The summed E-state index contributed by atoms with van der Waals surface area (Å²) in [6, 6.07) is 9.73. The van der Waals surface area contributed by atoms with Crippen molar-refractivity contribution >= 4 is 11.9 Å². The summed E-state index contributed by atoms with van der Waals surface area (Å²) in [4.78, 5) is 46.4. The van der Waals surface area contributed by atoms with Crippen LogP contribution in [0.15, 0.2) is 41.3 Å². The normalized spacial score (nSPS) is 19.4. The first-order chi connectivity index (χ1) is 15.3. The molecule has 0 saturated carbocycles. The Bertz CT molecular complexity index is 1070. The Labute approximate surface area is 188 Å². The molecule has 1 aromatic carbocycles. The van der Waals surface area contributed by atoms with Gasteiger partial charge in [0.25, 0.3) is 11.5 Å². The van der Waals surface area contributed by atoms with Gasteiger partial charge in [-0.1, -0.05) is 30.3 Å². The average molecular weight is 438 g/mol. The minimum atomic E-state index is -0.487. The maximum atomic E-state index is 13.2. The van der Waals surface area contributed by atoms with Crippen LogP contribution in [-0.4, -0.2) is 57.0 Å². The summed E-state index contributed by atoms with van der Waals surface area (Å²) in [6.07, 6.45) is 3.25. The maximum absolute atomic E-state index is 13.2. The molecule has 0 radical (unpaired) electrons. The molecular weight excluding hydrogens is 406 g/mol. The van der Waals surface area contributed by atoms with Crippen molar-refractivity contribution in [3.05, 3.63) is 63.8 Å². The predicted molar refractivity (Wildman–Crippen MR) is 122 cm³/mol. The van der Waals surface area contributed by atoms with Crippen molar-refractivity contribution in [2.24, 2.45) is 0 Å². The van der Waals surface area contributed by atoms with E-state index < -0.39 is 5.56 Å². The number of hydrogen-bond acceptors (Lipinski definition) is 4. The molecule has 170 valence electrons. The van der Waals surface area contributed by atoms with Crippen LogP contribution in [0.5, 0.6) is 0 Å². The number of rotatable bonds is 5. The van der Waals surface area contributed by atoms with E-state index in [4.69, 9.17) is 0 Å². The van der Waals surface area contributed by atoms with E-state index in [1.165, 1.54) is 0 Å². The first-order valence-corrected chi connectivity index (χ1v) is 11.3. The lowest BCUT2D eigenvalue weighted by Gasteiger charge is -2.24. The van der Waals surface area contributed by atoms with E-state index in [9.17, 15) is 14.4 Å². The Morgan fingerprint density at radius 2 is 1.91 bits per heavy atom. The molecule has 8 nitrogen and oxygen atoms in total. The molecule has 3 amide bonds. The summed E-state index contributed by atoms with van der Waals surface area (Å²) in [5.74, 6) is 0.402. The van der Waals surface area contributed by atoms with Crippen molar-refractivity contribution in [2.75, 3.05) is 19.6 Å². The Morgan fingerprint density at radius 1 is 1.19 bits per heavy atom. The molecule has 2 aliphatic rings. The van der Waals surface area contributed by atoms with Crippen molar-refractivity contribution in [3.63, 3.8) is 0 Å². The number of fused-ring (bicyclic) bond motifs is 2. The highest BCUT2D eigenvalue weighted by Gasteiger charge is 2.47. The largest absolute Gasteiger partial charge is 0.336 e. The number of benzene rings is 1.